The fourth-order valence-electron chi connectivity index (χ4n) is 4.51. The molecule has 2 aliphatic rings. The number of hydrogen-bond acceptors (Lipinski definition) is 11. The number of nitrogens with zero attached hydrogens (tertiary/aromatic N) is 5. The first-order valence-electron chi connectivity index (χ1n) is 11.3. The molecule has 3 amide bonds. The van der Waals surface area contributed by atoms with Crippen LogP contribution in [0, 0.1) is 0 Å². The maximum Gasteiger partial charge on any atom is 0.327 e. The monoisotopic (exact) mass is 539 g/mol. The van der Waals surface area contributed by atoms with Crippen molar-refractivity contribution in [3.05, 3.63) is 48.0 Å². The number of carboxylic acid groups (broad SMARTS) is 1. The summed E-state index contributed by atoms with van der Waals surface area (Å²) in [7, 11) is 0. The second kappa shape index (κ2) is 9.09. The van der Waals surface area contributed by atoms with E-state index in [-0.39, 0.29) is 22.5 Å². The molecule has 15 heteroatoms. The van der Waals surface area contributed by atoms with Crippen LogP contribution in [0.25, 0.3) is 11.2 Å². The number of thioether (sulfide) groups is 1. The van der Waals surface area contributed by atoms with Gasteiger partial charge in [0.1, 0.15) is 41.1 Å². The van der Waals surface area contributed by atoms with Crippen molar-refractivity contribution in [3.63, 3.8) is 0 Å². The Morgan fingerprint density at radius 2 is 1.84 bits per heavy atom. The topological polar surface area (TPSA) is 208 Å². The quantitative estimate of drug-likeness (QED) is 0.261. The van der Waals surface area contributed by atoms with Crippen LogP contribution in [0.15, 0.2) is 36.8 Å². The number of amides is 3. The van der Waals surface area contributed by atoms with Gasteiger partial charge in [-0.1, -0.05) is 12.1 Å². The molecular weight excluding hydrogens is 518 g/mol. The standard InChI is InChI=1S/C23H21N7O7S/c1-23(2)15(22(36)37)30-20(35)14(21(30)38-23)28-17(32)12(9-3-5-10(31)6-4-9)27-18(33)13-19(34)29-16-11(26-13)7-24-8-25-16/h3-8,12,14-15,21,31H,1-2H3,(H,27,33)(H,28,32)(H,36,37)(H,24,25,29,34)/t12?,14?,15-,21+/m0/s1. The fourth-order valence-corrected chi connectivity index (χ4v) is 6.13. The normalized spacial score (nSPS) is 22.3. The number of carboxylic acids is 1. The summed E-state index contributed by atoms with van der Waals surface area (Å²) in [6, 6.07) is 2.00. The van der Waals surface area contributed by atoms with Gasteiger partial charge in [-0.2, -0.15) is 4.98 Å². The van der Waals surface area contributed by atoms with Crippen molar-refractivity contribution in [2.24, 2.45) is 0 Å². The Morgan fingerprint density at radius 3 is 2.53 bits per heavy atom. The number of carbonyl (C=O) groups excluding carboxylic acids is 3. The number of carbonyl (C=O) groups is 4. The van der Waals surface area contributed by atoms with Gasteiger partial charge in [0.2, 0.25) is 17.7 Å². The Labute approximate surface area is 218 Å². The smallest absolute Gasteiger partial charge is 0.327 e. The number of phenols is 1. The lowest BCUT2D eigenvalue weighted by Gasteiger charge is -2.44. The van der Waals surface area contributed by atoms with Gasteiger partial charge in [0.15, 0.2) is 11.3 Å². The highest BCUT2D eigenvalue weighted by Gasteiger charge is 2.64. The fraction of sp³-hybridized carbons (Fsp3) is 0.304. The van der Waals surface area contributed by atoms with Gasteiger partial charge >= 0.3 is 5.97 Å². The van der Waals surface area contributed by atoms with Crippen LogP contribution in [0.5, 0.6) is 11.6 Å². The van der Waals surface area contributed by atoms with Crippen molar-refractivity contribution in [1.29, 1.82) is 0 Å². The second-order valence-corrected chi connectivity index (χ2v) is 11.0. The third-order valence-electron chi connectivity index (χ3n) is 6.28. The molecule has 2 fully saturated rings. The number of aliphatic carboxylic acids is 1. The second-order valence-electron chi connectivity index (χ2n) is 9.21. The average molecular weight is 540 g/mol. The predicted octanol–water partition coefficient (Wildman–Crippen LogP) is -0.0662. The SMILES string of the molecule is CC1(C)S[C@@H]2C(NC(=O)C(NC(=O)c3nc4cncnc4nc3O)c3ccc(O)cc3)C(=O)N2[C@H]1C(=O)O. The molecule has 14 nitrogen and oxygen atoms in total. The summed E-state index contributed by atoms with van der Waals surface area (Å²) < 4.78 is -0.786. The molecule has 3 aromatic rings. The maximum absolute atomic E-state index is 13.4. The summed E-state index contributed by atoms with van der Waals surface area (Å²) in [4.78, 5) is 67.9. The number of nitrogens with one attached hydrogen (secondary N) is 2. The molecule has 38 heavy (non-hydrogen) atoms. The Kier molecular flexibility index (Phi) is 6.01. The van der Waals surface area contributed by atoms with E-state index in [0.29, 0.717) is 0 Å². The molecule has 4 atom stereocenters. The minimum atomic E-state index is -1.37. The van der Waals surface area contributed by atoms with Gasteiger partial charge in [-0.05, 0) is 31.5 Å². The molecule has 0 spiro atoms. The first kappa shape index (κ1) is 25.1. The molecule has 0 aliphatic carbocycles. The van der Waals surface area contributed by atoms with E-state index in [9.17, 15) is 34.5 Å². The zero-order chi connectivity index (χ0) is 27.4. The lowest BCUT2D eigenvalue weighted by molar-refractivity contribution is -0.161. The molecular formula is C23H21N7O7S. The largest absolute Gasteiger partial charge is 0.508 e. The molecule has 2 aromatic heterocycles. The van der Waals surface area contributed by atoms with E-state index in [0.717, 1.165) is 0 Å². The minimum absolute atomic E-state index is 0.0616. The summed E-state index contributed by atoms with van der Waals surface area (Å²) in [6.45, 7) is 3.42. The Bertz CT molecular complexity index is 1480. The zero-order valence-electron chi connectivity index (χ0n) is 19.9. The molecule has 2 unspecified atom stereocenters. The molecule has 4 heterocycles. The van der Waals surface area contributed by atoms with Gasteiger partial charge in [0.25, 0.3) is 5.91 Å². The van der Waals surface area contributed by atoms with Crippen LogP contribution in [0.2, 0.25) is 0 Å². The van der Waals surface area contributed by atoms with Crippen molar-refractivity contribution in [1.82, 2.24) is 35.5 Å². The highest BCUT2D eigenvalue weighted by Crippen LogP contribution is 2.50. The van der Waals surface area contributed by atoms with E-state index in [2.05, 4.69) is 30.6 Å². The Hall–Kier alpha value is -4.53. The molecule has 1 aromatic carbocycles. The molecule has 0 saturated carbocycles. The van der Waals surface area contributed by atoms with Crippen LogP contribution in [-0.4, -0.2) is 86.1 Å². The van der Waals surface area contributed by atoms with Gasteiger partial charge in [0, 0.05) is 4.75 Å². The molecule has 0 radical (unpaired) electrons. The molecule has 5 rings (SSSR count). The summed E-state index contributed by atoms with van der Waals surface area (Å²) in [5.74, 6) is -4.20. The lowest BCUT2D eigenvalue weighted by atomic mass is 9.95. The molecule has 196 valence electrons. The molecule has 2 saturated heterocycles. The predicted molar refractivity (Wildman–Crippen MR) is 131 cm³/mol. The van der Waals surface area contributed by atoms with E-state index in [1.165, 1.54) is 53.5 Å². The maximum atomic E-state index is 13.4. The van der Waals surface area contributed by atoms with E-state index in [1.807, 2.05) is 0 Å². The van der Waals surface area contributed by atoms with Crippen molar-refractivity contribution < 1.29 is 34.5 Å². The van der Waals surface area contributed by atoms with Crippen LogP contribution in [0.4, 0.5) is 0 Å². The highest BCUT2D eigenvalue weighted by molar-refractivity contribution is 8.01. The minimum Gasteiger partial charge on any atom is -0.508 e. The zero-order valence-corrected chi connectivity index (χ0v) is 20.7. The number of aromatic nitrogens is 4. The van der Waals surface area contributed by atoms with E-state index in [4.69, 9.17) is 0 Å². The summed E-state index contributed by atoms with van der Waals surface area (Å²) in [5, 5.41) is 34.0. The number of fused-ring (bicyclic) bond motifs is 2. The highest BCUT2D eigenvalue weighted by atomic mass is 32.2. The number of rotatable bonds is 6. The average Bonchev–Trinajstić information content (AvgIpc) is 3.13. The summed E-state index contributed by atoms with van der Waals surface area (Å²) >= 11 is 1.26. The Balaban J connectivity index is 1.40. The van der Waals surface area contributed by atoms with Gasteiger partial charge in [-0.15, -0.1) is 11.8 Å². The first-order chi connectivity index (χ1) is 18.0. The number of hydrogen-bond donors (Lipinski definition) is 5. The lowest BCUT2D eigenvalue weighted by Crippen LogP contribution is -2.71. The van der Waals surface area contributed by atoms with Gasteiger partial charge in [-0.3, -0.25) is 14.4 Å². The third-order valence-corrected chi connectivity index (χ3v) is 7.85. The van der Waals surface area contributed by atoms with Crippen molar-refractivity contribution in [3.8, 4) is 11.6 Å². The summed E-state index contributed by atoms with van der Waals surface area (Å²) in [6.07, 6.45) is 2.50. The third kappa shape index (κ3) is 4.19. The molecule has 0 bridgehead atoms. The van der Waals surface area contributed by atoms with Crippen molar-refractivity contribution >= 4 is 46.6 Å². The van der Waals surface area contributed by atoms with Crippen LogP contribution in [0.3, 0.4) is 0 Å². The van der Waals surface area contributed by atoms with Crippen LogP contribution in [-0.2, 0) is 14.4 Å². The van der Waals surface area contributed by atoms with Crippen molar-refractivity contribution in [2.45, 2.75) is 42.1 Å². The van der Waals surface area contributed by atoms with Gasteiger partial charge in [0.05, 0.1) is 6.20 Å². The number of β-lactam (4-membered cyclic amide) rings is 1. The number of phenolic OH excluding ortho intramolecular Hbond substituents is 1. The Morgan fingerprint density at radius 1 is 1.13 bits per heavy atom. The van der Waals surface area contributed by atoms with Gasteiger partial charge in [-0.25, -0.2) is 19.7 Å². The first-order valence-corrected chi connectivity index (χ1v) is 12.2. The van der Waals surface area contributed by atoms with Crippen LogP contribution < -0.4 is 10.6 Å². The van der Waals surface area contributed by atoms with E-state index in [1.54, 1.807) is 13.8 Å². The van der Waals surface area contributed by atoms with Gasteiger partial charge < -0.3 is 30.9 Å². The van der Waals surface area contributed by atoms with E-state index < -0.39 is 63.5 Å². The number of benzene rings is 1. The van der Waals surface area contributed by atoms with Crippen LogP contribution >= 0.6 is 11.8 Å². The number of aromatic hydroxyl groups is 2. The summed E-state index contributed by atoms with van der Waals surface area (Å²) in [5.41, 5.74) is -0.0227. The molecule has 2 aliphatic heterocycles. The van der Waals surface area contributed by atoms with Crippen LogP contribution in [0.1, 0.15) is 35.9 Å². The molecule has 5 N–H and O–H groups in total. The van der Waals surface area contributed by atoms with Crippen molar-refractivity contribution in [2.75, 3.05) is 0 Å². The van der Waals surface area contributed by atoms with E-state index >= 15 is 0 Å².